The number of hydrogen-bond donors (Lipinski definition) is 2. The lowest BCUT2D eigenvalue weighted by Crippen LogP contribution is -2.50. The second-order valence-corrected chi connectivity index (χ2v) is 6.12. The summed E-state index contributed by atoms with van der Waals surface area (Å²) in [5.74, 6) is 0.560. The Labute approximate surface area is 137 Å². The van der Waals surface area contributed by atoms with Gasteiger partial charge in [-0.25, -0.2) is 0 Å². The zero-order valence-corrected chi connectivity index (χ0v) is 14.0. The van der Waals surface area contributed by atoms with Gasteiger partial charge in [-0.2, -0.15) is 0 Å². The molecule has 1 amide bonds. The lowest BCUT2D eigenvalue weighted by atomic mass is 10.2. The topological polar surface area (TPSA) is 71.0 Å². The summed E-state index contributed by atoms with van der Waals surface area (Å²) >= 11 is 0. The molecule has 0 bridgehead atoms. The van der Waals surface area contributed by atoms with Crippen LogP contribution >= 0.6 is 0 Å². The van der Waals surface area contributed by atoms with Gasteiger partial charge < -0.3 is 19.9 Å². The Bertz CT molecular complexity index is 506. The highest BCUT2D eigenvalue weighted by molar-refractivity contribution is 5.88. The molecule has 0 spiro atoms. The van der Waals surface area contributed by atoms with Gasteiger partial charge in [-0.15, -0.1) is 0 Å². The molecule has 1 aromatic carbocycles. The molecule has 1 saturated heterocycles. The van der Waals surface area contributed by atoms with Gasteiger partial charge in [0.1, 0.15) is 18.5 Å². The van der Waals surface area contributed by atoms with Crippen molar-refractivity contribution in [1.29, 1.82) is 0 Å². The average Bonchev–Trinajstić information content (AvgIpc) is 2.50. The number of ether oxygens (including phenoxy) is 2. The van der Waals surface area contributed by atoms with E-state index in [1.807, 2.05) is 6.92 Å². The van der Waals surface area contributed by atoms with Crippen LogP contribution in [0.25, 0.3) is 0 Å². The number of aliphatic hydroxyl groups is 1. The maximum Gasteiger partial charge on any atom is 0.221 e. The van der Waals surface area contributed by atoms with E-state index in [9.17, 15) is 9.90 Å². The normalized spacial score (nSPS) is 23.3. The number of β-amino-alcohol motifs (C(OH)–C–C–N with tert-alkyl or cyclic N) is 1. The Morgan fingerprint density at radius 1 is 1.43 bits per heavy atom. The summed E-state index contributed by atoms with van der Waals surface area (Å²) < 4.78 is 11.2. The van der Waals surface area contributed by atoms with Crippen LogP contribution < -0.4 is 10.1 Å². The number of benzene rings is 1. The predicted octanol–water partition coefficient (Wildman–Crippen LogP) is 1.49. The second kappa shape index (κ2) is 8.29. The SMILES string of the molecule is CC(=O)Nc1ccc(OC[C@H](O)CN2C[C@H](C)OC[C@H]2C)cc1. The van der Waals surface area contributed by atoms with Crippen molar-refractivity contribution in [2.24, 2.45) is 0 Å². The fraction of sp³-hybridized carbons (Fsp3) is 0.588. The Balaban J connectivity index is 1.77. The van der Waals surface area contributed by atoms with Crippen LogP contribution in [-0.4, -0.2) is 60.5 Å². The zero-order valence-electron chi connectivity index (χ0n) is 14.0. The van der Waals surface area contributed by atoms with Crippen molar-refractivity contribution in [3.05, 3.63) is 24.3 Å². The highest BCUT2D eigenvalue weighted by atomic mass is 16.5. The Hall–Kier alpha value is -1.63. The Morgan fingerprint density at radius 2 is 2.13 bits per heavy atom. The largest absolute Gasteiger partial charge is 0.491 e. The molecule has 3 atom stereocenters. The van der Waals surface area contributed by atoms with Crippen molar-refractivity contribution in [3.63, 3.8) is 0 Å². The van der Waals surface area contributed by atoms with E-state index >= 15 is 0 Å². The molecule has 1 aliphatic rings. The maximum absolute atomic E-state index is 11.0. The number of hydrogen-bond acceptors (Lipinski definition) is 5. The summed E-state index contributed by atoms with van der Waals surface area (Å²) in [5.41, 5.74) is 0.724. The first-order valence-corrected chi connectivity index (χ1v) is 7.98. The van der Waals surface area contributed by atoms with E-state index in [0.29, 0.717) is 24.9 Å². The predicted molar refractivity (Wildman–Crippen MR) is 88.7 cm³/mol. The van der Waals surface area contributed by atoms with Crippen molar-refractivity contribution >= 4 is 11.6 Å². The fourth-order valence-corrected chi connectivity index (χ4v) is 2.58. The molecular weight excluding hydrogens is 296 g/mol. The van der Waals surface area contributed by atoms with Crippen molar-refractivity contribution in [1.82, 2.24) is 4.90 Å². The first-order valence-electron chi connectivity index (χ1n) is 7.98. The van der Waals surface area contributed by atoms with E-state index < -0.39 is 6.10 Å². The third-order valence-electron chi connectivity index (χ3n) is 3.80. The minimum Gasteiger partial charge on any atom is -0.491 e. The van der Waals surface area contributed by atoms with Gasteiger partial charge in [-0.05, 0) is 38.1 Å². The lowest BCUT2D eigenvalue weighted by Gasteiger charge is -2.37. The molecule has 2 N–H and O–H groups in total. The third kappa shape index (κ3) is 5.82. The number of rotatable bonds is 6. The van der Waals surface area contributed by atoms with E-state index in [0.717, 1.165) is 12.2 Å². The van der Waals surface area contributed by atoms with E-state index in [4.69, 9.17) is 9.47 Å². The number of nitrogens with zero attached hydrogens (tertiary/aromatic N) is 1. The van der Waals surface area contributed by atoms with Crippen LogP contribution in [-0.2, 0) is 9.53 Å². The second-order valence-electron chi connectivity index (χ2n) is 6.12. The van der Waals surface area contributed by atoms with Crippen molar-refractivity contribution in [2.45, 2.75) is 39.0 Å². The minimum absolute atomic E-state index is 0.108. The zero-order chi connectivity index (χ0) is 16.8. The first kappa shape index (κ1) is 17.7. The van der Waals surface area contributed by atoms with Crippen LogP contribution in [0.15, 0.2) is 24.3 Å². The third-order valence-corrected chi connectivity index (χ3v) is 3.80. The number of carbonyl (C=O) groups excluding carboxylic acids is 1. The molecule has 0 saturated carbocycles. The molecule has 0 aromatic heterocycles. The highest BCUT2D eigenvalue weighted by Crippen LogP contribution is 2.16. The summed E-state index contributed by atoms with van der Waals surface area (Å²) in [5, 5.41) is 12.9. The van der Waals surface area contributed by atoms with Crippen LogP contribution in [0.2, 0.25) is 0 Å². The van der Waals surface area contributed by atoms with Gasteiger partial charge in [0.15, 0.2) is 0 Å². The van der Waals surface area contributed by atoms with Crippen molar-refractivity contribution in [3.8, 4) is 5.75 Å². The molecule has 0 radical (unpaired) electrons. The molecule has 6 heteroatoms. The molecule has 2 rings (SSSR count). The van der Waals surface area contributed by atoms with E-state index in [2.05, 4.69) is 17.1 Å². The molecule has 128 valence electrons. The molecule has 1 fully saturated rings. The molecule has 6 nitrogen and oxygen atoms in total. The van der Waals surface area contributed by atoms with Gasteiger partial charge in [0.05, 0.1) is 12.7 Å². The van der Waals surface area contributed by atoms with E-state index in [-0.39, 0.29) is 18.6 Å². The van der Waals surface area contributed by atoms with Gasteiger partial charge in [0.25, 0.3) is 0 Å². The van der Waals surface area contributed by atoms with Gasteiger partial charge in [0.2, 0.25) is 5.91 Å². The van der Waals surface area contributed by atoms with E-state index in [1.54, 1.807) is 24.3 Å². The van der Waals surface area contributed by atoms with E-state index in [1.165, 1.54) is 6.92 Å². The number of amides is 1. The molecular formula is C17H26N2O4. The van der Waals surface area contributed by atoms with Crippen molar-refractivity contribution < 1.29 is 19.4 Å². The van der Waals surface area contributed by atoms with Crippen LogP contribution in [0.1, 0.15) is 20.8 Å². The number of morpholine rings is 1. The lowest BCUT2D eigenvalue weighted by molar-refractivity contribution is -0.114. The number of carbonyl (C=O) groups is 1. The molecule has 1 aliphatic heterocycles. The van der Waals surface area contributed by atoms with Gasteiger partial charge in [-0.1, -0.05) is 0 Å². The number of aliphatic hydroxyl groups excluding tert-OH is 1. The smallest absolute Gasteiger partial charge is 0.221 e. The Kier molecular flexibility index (Phi) is 6.38. The number of nitrogens with one attached hydrogen (secondary N) is 1. The standard InChI is InChI=1S/C17H26N2O4/c1-12-10-22-13(2)8-19(12)9-16(21)11-23-17-6-4-15(5-7-17)18-14(3)20/h4-7,12-13,16,21H,8-11H2,1-3H3,(H,18,20)/t12-,13+,16-/m1/s1. The minimum atomic E-state index is -0.558. The fourth-order valence-electron chi connectivity index (χ4n) is 2.58. The van der Waals surface area contributed by atoms with Gasteiger partial charge in [0, 0.05) is 31.7 Å². The van der Waals surface area contributed by atoms with Gasteiger partial charge >= 0.3 is 0 Å². The molecule has 23 heavy (non-hydrogen) atoms. The quantitative estimate of drug-likeness (QED) is 0.830. The number of anilines is 1. The maximum atomic E-state index is 11.0. The summed E-state index contributed by atoms with van der Waals surface area (Å²) in [6, 6.07) is 7.40. The van der Waals surface area contributed by atoms with Crippen LogP contribution in [0.5, 0.6) is 5.75 Å². The molecule has 0 unspecified atom stereocenters. The summed E-state index contributed by atoms with van der Waals surface area (Å²) in [6.45, 7) is 7.92. The van der Waals surface area contributed by atoms with Crippen LogP contribution in [0, 0.1) is 0 Å². The van der Waals surface area contributed by atoms with Crippen LogP contribution in [0.4, 0.5) is 5.69 Å². The monoisotopic (exact) mass is 322 g/mol. The van der Waals surface area contributed by atoms with Crippen LogP contribution in [0.3, 0.4) is 0 Å². The van der Waals surface area contributed by atoms with Crippen molar-refractivity contribution in [2.75, 3.05) is 31.6 Å². The average molecular weight is 322 g/mol. The molecule has 1 aromatic rings. The first-order chi connectivity index (χ1) is 10.9. The summed E-state index contributed by atoms with van der Waals surface area (Å²) in [4.78, 5) is 13.2. The Morgan fingerprint density at radius 3 is 2.78 bits per heavy atom. The molecule has 0 aliphatic carbocycles. The highest BCUT2D eigenvalue weighted by Gasteiger charge is 2.25. The summed E-state index contributed by atoms with van der Waals surface area (Å²) in [7, 11) is 0. The molecule has 1 heterocycles. The summed E-state index contributed by atoms with van der Waals surface area (Å²) in [6.07, 6.45) is -0.363. The van der Waals surface area contributed by atoms with Gasteiger partial charge in [-0.3, -0.25) is 9.69 Å².